The van der Waals surface area contributed by atoms with E-state index in [4.69, 9.17) is 14.2 Å². The lowest BCUT2D eigenvalue weighted by atomic mass is 10.1. The highest BCUT2D eigenvalue weighted by molar-refractivity contribution is 5.77. The Labute approximate surface area is 222 Å². The summed E-state index contributed by atoms with van der Waals surface area (Å²) in [6, 6.07) is 5.43. The zero-order chi connectivity index (χ0) is 27.7. The molecule has 0 atom stereocenters. The van der Waals surface area contributed by atoms with Crippen LogP contribution >= 0.6 is 0 Å². The highest BCUT2D eigenvalue weighted by atomic mass is 16.5. The van der Waals surface area contributed by atoms with Crippen LogP contribution in [0.5, 0.6) is 5.75 Å². The van der Waals surface area contributed by atoms with Crippen LogP contribution < -0.4 is 20.7 Å². The van der Waals surface area contributed by atoms with Crippen LogP contribution in [0, 0.1) is 0 Å². The fraction of sp³-hybridized carbons (Fsp3) is 0.448. The van der Waals surface area contributed by atoms with Crippen molar-refractivity contribution in [2.24, 2.45) is 4.99 Å². The predicted octanol–water partition coefficient (Wildman–Crippen LogP) is 5.86. The third kappa shape index (κ3) is 12.4. The summed E-state index contributed by atoms with van der Waals surface area (Å²) in [7, 11) is 3.30. The molecule has 8 nitrogen and oxygen atoms in total. The zero-order valence-corrected chi connectivity index (χ0v) is 23.4. The summed E-state index contributed by atoms with van der Waals surface area (Å²) in [4.78, 5) is 16.8. The Balaban J connectivity index is 2.88. The fourth-order valence-electron chi connectivity index (χ4n) is 3.11. The van der Waals surface area contributed by atoms with Gasteiger partial charge in [-0.3, -0.25) is 4.99 Å². The number of aliphatic imine (C=N–C) groups is 1. The molecular weight excluding hydrogens is 468 g/mol. The Kier molecular flexibility index (Phi) is 14.7. The first kappa shape index (κ1) is 31.7. The molecule has 0 fully saturated rings. The van der Waals surface area contributed by atoms with E-state index in [1.54, 1.807) is 20.4 Å². The molecule has 0 spiro atoms. The number of ether oxygens (including phenoxy) is 3. The molecule has 0 bridgehead atoms. The van der Waals surface area contributed by atoms with Crippen LogP contribution in [0.4, 0.5) is 10.5 Å². The van der Waals surface area contributed by atoms with Crippen molar-refractivity contribution in [3.8, 4) is 5.75 Å². The van der Waals surface area contributed by atoms with Crippen LogP contribution in [-0.2, 0) is 9.47 Å². The van der Waals surface area contributed by atoms with Crippen LogP contribution in [0.25, 0.3) is 5.70 Å². The number of nitrogens with zero attached hydrogens (tertiary/aromatic N) is 1. The minimum atomic E-state index is -0.288. The lowest BCUT2D eigenvalue weighted by Crippen LogP contribution is -2.38. The highest BCUT2D eigenvalue weighted by Gasteiger charge is 2.16. The maximum Gasteiger partial charge on any atom is 0.319 e. The van der Waals surface area contributed by atoms with E-state index >= 15 is 0 Å². The smallest absolute Gasteiger partial charge is 0.319 e. The molecule has 0 saturated carbocycles. The number of urea groups is 1. The van der Waals surface area contributed by atoms with Gasteiger partial charge in [0.2, 0.25) is 0 Å². The van der Waals surface area contributed by atoms with Gasteiger partial charge >= 0.3 is 6.03 Å². The molecule has 0 heterocycles. The van der Waals surface area contributed by atoms with E-state index in [0.717, 1.165) is 23.4 Å². The Hall–Kier alpha value is -3.36. The van der Waals surface area contributed by atoms with Crippen molar-refractivity contribution < 1.29 is 19.0 Å². The van der Waals surface area contributed by atoms with Crippen molar-refractivity contribution in [3.63, 3.8) is 0 Å². The Morgan fingerprint density at radius 3 is 2.46 bits per heavy atom. The van der Waals surface area contributed by atoms with Crippen LogP contribution in [0.1, 0.15) is 53.0 Å². The van der Waals surface area contributed by atoms with Crippen molar-refractivity contribution in [3.05, 3.63) is 66.0 Å². The third-order valence-corrected chi connectivity index (χ3v) is 5.41. The number of carbonyl (C=O) groups is 1. The SMILES string of the molecule is C=C(NC(/C=C\C(=C/C)NC(=O)NCCC(C)(C)OC)=C\CC)c1ccc(OCCOC)cc1N=CC. The van der Waals surface area contributed by atoms with Gasteiger partial charge in [0.05, 0.1) is 17.9 Å². The summed E-state index contributed by atoms with van der Waals surface area (Å²) in [6.07, 6.45) is 10.9. The largest absolute Gasteiger partial charge is 0.491 e. The number of rotatable bonds is 16. The van der Waals surface area contributed by atoms with Crippen molar-refractivity contribution >= 4 is 23.6 Å². The molecule has 0 unspecified atom stereocenters. The molecule has 2 amide bonds. The van der Waals surface area contributed by atoms with Gasteiger partial charge in [-0.15, -0.1) is 0 Å². The molecule has 0 aliphatic heterocycles. The van der Waals surface area contributed by atoms with Crippen molar-refractivity contribution in [2.45, 2.75) is 53.1 Å². The molecular formula is C29H44N4O4. The normalized spacial score (nSPS) is 12.7. The summed E-state index contributed by atoms with van der Waals surface area (Å²) in [5.74, 6) is 0.714. The number of methoxy groups -OCH3 is 2. The van der Waals surface area contributed by atoms with Gasteiger partial charge in [0.15, 0.2) is 0 Å². The third-order valence-electron chi connectivity index (χ3n) is 5.41. The molecule has 0 aliphatic carbocycles. The molecule has 204 valence electrons. The molecule has 0 aliphatic rings. The maximum atomic E-state index is 12.3. The molecule has 1 aromatic rings. The van der Waals surface area contributed by atoms with Gasteiger partial charge in [-0.25, -0.2) is 4.79 Å². The Bertz CT molecular complexity index is 994. The summed E-state index contributed by atoms with van der Waals surface area (Å²) in [6.45, 7) is 15.5. The quantitative estimate of drug-likeness (QED) is 0.146. The molecule has 0 aromatic heterocycles. The molecule has 0 saturated heterocycles. The number of hydrogen-bond donors (Lipinski definition) is 3. The van der Waals surface area contributed by atoms with Crippen molar-refractivity contribution in [1.29, 1.82) is 0 Å². The van der Waals surface area contributed by atoms with Gasteiger partial charge in [0.25, 0.3) is 0 Å². The van der Waals surface area contributed by atoms with Crippen molar-refractivity contribution in [2.75, 3.05) is 34.0 Å². The van der Waals surface area contributed by atoms with Crippen LogP contribution in [0.3, 0.4) is 0 Å². The van der Waals surface area contributed by atoms with Gasteiger partial charge in [-0.05, 0) is 64.8 Å². The second-order valence-corrected chi connectivity index (χ2v) is 8.75. The molecule has 8 heteroatoms. The van der Waals surface area contributed by atoms with Crippen LogP contribution in [0.2, 0.25) is 0 Å². The lowest BCUT2D eigenvalue weighted by molar-refractivity contribution is 0.0165. The Morgan fingerprint density at radius 1 is 1.11 bits per heavy atom. The summed E-state index contributed by atoms with van der Waals surface area (Å²) in [5, 5.41) is 9.10. The first-order chi connectivity index (χ1) is 17.7. The molecule has 1 aromatic carbocycles. The van der Waals surface area contributed by atoms with Gasteiger partial charge in [-0.2, -0.15) is 0 Å². The van der Waals surface area contributed by atoms with E-state index < -0.39 is 0 Å². The van der Waals surface area contributed by atoms with Gasteiger partial charge in [0, 0.05) is 55.7 Å². The fourth-order valence-corrected chi connectivity index (χ4v) is 3.11. The number of amides is 2. The topological polar surface area (TPSA) is 93.2 Å². The van der Waals surface area contributed by atoms with E-state index in [2.05, 4.69) is 34.4 Å². The number of benzene rings is 1. The second kappa shape index (κ2) is 17.2. The molecule has 37 heavy (non-hydrogen) atoms. The number of hydrogen-bond acceptors (Lipinski definition) is 6. The molecule has 1 rings (SSSR count). The number of allylic oxidation sites excluding steroid dienone is 4. The number of nitrogens with one attached hydrogen (secondary N) is 3. The molecule has 0 radical (unpaired) electrons. The van der Waals surface area contributed by atoms with Crippen molar-refractivity contribution in [1.82, 2.24) is 16.0 Å². The van der Waals surface area contributed by atoms with Gasteiger partial charge in [0.1, 0.15) is 12.4 Å². The van der Waals surface area contributed by atoms with E-state index in [1.165, 1.54) is 0 Å². The highest BCUT2D eigenvalue weighted by Crippen LogP contribution is 2.29. The summed E-state index contributed by atoms with van der Waals surface area (Å²) >= 11 is 0. The van der Waals surface area contributed by atoms with Gasteiger partial charge < -0.3 is 30.2 Å². The predicted molar refractivity (Wildman–Crippen MR) is 153 cm³/mol. The zero-order valence-electron chi connectivity index (χ0n) is 23.4. The average molecular weight is 513 g/mol. The first-order valence-electron chi connectivity index (χ1n) is 12.5. The lowest BCUT2D eigenvalue weighted by Gasteiger charge is -2.22. The monoisotopic (exact) mass is 512 g/mol. The minimum Gasteiger partial charge on any atom is -0.491 e. The minimum absolute atomic E-state index is 0.266. The molecule has 3 N–H and O–H groups in total. The van der Waals surface area contributed by atoms with E-state index in [0.29, 0.717) is 43.3 Å². The summed E-state index contributed by atoms with van der Waals surface area (Å²) in [5.41, 5.74) is 3.54. The van der Waals surface area contributed by atoms with Gasteiger partial charge in [-0.1, -0.05) is 25.7 Å². The van der Waals surface area contributed by atoms with E-state index in [1.807, 2.05) is 70.2 Å². The Morgan fingerprint density at radius 2 is 1.84 bits per heavy atom. The second-order valence-electron chi connectivity index (χ2n) is 8.75. The van der Waals surface area contributed by atoms with E-state index in [-0.39, 0.29) is 11.6 Å². The maximum absolute atomic E-state index is 12.3. The summed E-state index contributed by atoms with van der Waals surface area (Å²) < 4.78 is 16.2. The average Bonchev–Trinajstić information content (AvgIpc) is 2.86. The first-order valence-corrected chi connectivity index (χ1v) is 12.5. The van der Waals surface area contributed by atoms with Crippen LogP contribution in [-0.4, -0.2) is 51.8 Å². The number of carbonyl (C=O) groups excluding carboxylic acids is 1. The van der Waals surface area contributed by atoms with E-state index in [9.17, 15) is 4.79 Å². The standard InChI is InChI=1S/C29H44N4O4/c1-9-12-24(14-13-23(10-2)33-28(34)31-18-17-29(5,6)36-8)32-22(4)26-16-15-25(37-20-19-35-7)21-27(26)30-11-3/h10-16,21,32H,4,9,17-20H2,1-3,5-8H3,(H2,31,33,34)/b14-13-,23-10+,24-12-,30-11?. The van der Waals surface area contributed by atoms with Crippen LogP contribution in [0.15, 0.2) is 65.5 Å².